The molecular weight excluding hydrogens is 374 g/mol. The molecule has 3 aromatic carbocycles. The molecule has 0 saturated heterocycles. The van der Waals surface area contributed by atoms with E-state index < -0.39 is 0 Å². The van der Waals surface area contributed by atoms with Crippen LogP contribution in [-0.2, 0) is 6.42 Å². The SMILES string of the molecule is COc1ccc2c(C)[nH]c(=O)c(Cc3ccc4ccccc4c3)c2c1OC.Cl. The summed E-state index contributed by atoms with van der Waals surface area (Å²) in [6.45, 7) is 1.90. The van der Waals surface area contributed by atoms with E-state index >= 15 is 0 Å². The molecule has 0 atom stereocenters. The average molecular weight is 396 g/mol. The molecule has 0 amide bonds. The molecule has 1 N–H and O–H groups in total. The molecule has 0 aliphatic rings. The van der Waals surface area contributed by atoms with Crippen LogP contribution in [0.5, 0.6) is 11.5 Å². The van der Waals surface area contributed by atoms with Gasteiger partial charge in [-0.25, -0.2) is 0 Å². The summed E-state index contributed by atoms with van der Waals surface area (Å²) in [4.78, 5) is 15.8. The van der Waals surface area contributed by atoms with Crippen molar-refractivity contribution < 1.29 is 9.47 Å². The molecule has 1 heterocycles. The zero-order chi connectivity index (χ0) is 19.0. The number of aromatic nitrogens is 1. The van der Waals surface area contributed by atoms with Crippen molar-refractivity contribution in [2.45, 2.75) is 13.3 Å². The molecule has 4 aromatic rings. The van der Waals surface area contributed by atoms with Crippen LogP contribution in [0.25, 0.3) is 21.5 Å². The molecule has 0 radical (unpaired) electrons. The summed E-state index contributed by atoms with van der Waals surface area (Å²) in [5.41, 5.74) is 2.48. The Bertz CT molecular complexity index is 1210. The van der Waals surface area contributed by atoms with Gasteiger partial charge in [-0.05, 0) is 35.4 Å². The molecule has 5 heteroatoms. The van der Waals surface area contributed by atoms with E-state index in [1.54, 1.807) is 14.2 Å². The molecule has 0 spiro atoms. The zero-order valence-electron chi connectivity index (χ0n) is 16.0. The minimum atomic E-state index is -0.0975. The standard InChI is InChI=1S/C23H21NO3.ClH/c1-14-18-10-11-20(26-2)22(27-3)21(18)19(23(25)24-14)13-15-8-9-16-6-4-5-7-17(16)12-15;/h4-12H,13H2,1-3H3,(H,24,25);1H. The van der Waals surface area contributed by atoms with E-state index in [4.69, 9.17) is 9.47 Å². The van der Waals surface area contributed by atoms with Gasteiger partial charge in [0.1, 0.15) is 0 Å². The third-order valence-corrected chi connectivity index (χ3v) is 5.02. The maximum Gasteiger partial charge on any atom is 0.252 e. The highest BCUT2D eigenvalue weighted by Crippen LogP contribution is 2.37. The van der Waals surface area contributed by atoms with Crippen LogP contribution in [0.1, 0.15) is 16.8 Å². The number of benzene rings is 3. The van der Waals surface area contributed by atoms with E-state index in [0.717, 1.165) is 27.4 Å². The Kier molecular flexibility index (Phi) is 5.61. The number of H-pyrrole nitrogens is 1. The van der Waals surface area contributed by atoms with Crippen LogP contribution in [0, 0.1) is 6.92 Å². The van der Waals surface area contributed by atoms with E-state index in [1.807, 2.05) is 31.2 Å². The number of aromatic amines is 1. The molecule has 0 aliphatic heterocycles. The van der Waals surface area contributed by atoms with Gasteiger partial charge in [0, 0.05) is 28.5 Å². The summed E-state index contributed by atoms with van der Waals surface area (Å²) >= 11 is 0. The Hall–Kier alpha value is -2.98. The summed E-state index contributed by atoms with van der Waals surface area (Å²) in [7, 11) is 3.21. The van der Waals surface area contributed by atoms with Crippen molar-refractivity contribution >= 4 is 34.0 Å². The monoisotopic (exact) mass is 395 g/mol. The quantitative estimate of drug-likeness (QED) is 0.528. The van der Waals surface area contributed by atoms with Gasteiger partial charge < -0.3 is 14.5 Å². The number of halogens is 1. The van der Waals surface area contributed by atoms with E-state index in [9.17, 15) is 4.79 Å². The number of hydrogen-bond acceptors (Lipinski definition) is 3. The smallest absolute Gasteiger partial charge is 0.252 e. The lowest BCUT2D eigenvalue weighted by molar-refractivity contribution is 0.358. The van der Waals surface area contributed by atoms with Crippen molar-refractivity contribution in [1.82, 2.24) is 4.98 Å². The van der Waals surface area contributed by atoms with E-state index in [1.165, 1.54) is 5.39 Å². The van der Waals surface area contributed by atoms with Crippen LogP contribution in [0.4, 0.5) is 0 Å². The predicted octanol–water partition coefficient (Wildman–Crippen LogP) is 5.02. The van der Waals surface area contributed by atoms with Crippen molar-refractivity contribution in [1.29, 1.82) is 0 Å². The number of ether oxygens (including phenoxy) is 2. The molecule has 1 aromatic heterocycles. The molecule has 0 unspecified atom stereocenters. The minimum Gasteiger partial charge on any atom is -0.493 e. The second kappa shape index (κ2) is 7.95. The van der Waals surface area contributed by atoms with Crippen LogP contribution in [0.2, 0.25) is 0 Å². The number of nitrogens with one attached hydrogen (secondary N) is 1. The second-order valence-electron chi connectivity index (χ2n) is 6.64. The molecule has 4 rings (SSSR count). The summed E-state index contributed by atoms with van der Waals surface area (Å²) in [5.74, 6) is 1.22. The highest BCUT2D eigenvalue weighted by molar-refractivity contribution is 5.95. The zero-order valence-corrected chi connectivity index (χ0v) is 16.9. The van der Waals surface area contributed by atoms with E-state index in [0.29, 0.717) is 23.5 Å². The van der Waals surface area contributed by atoms with Crippen LogP contribution in [0.3, 0.4) is 0 Å². The fourth-order valence-electron chi connectivity index (χ4n) is 3.69. The summed E-state index contributed by atoms with van der Waals surface area (Å²) < 4.78 is 11.1. The fraction of sp³-hybridized carbons (Fsp3) is 0.174. The number of pyridine rings is 1. The lowest BCUT2D eigenvalue weighted by Crippen LogP contribution is -2.15. The molecule has 144 valence electrons. The maximum absolute atomic E-state index is 12.8. The van der Waals surface area contributed by atoms with Crippen molar-refractivity contribution in [3.63, 3.8) is 0 Å². The van der Waals surface area contributed by atoms with Gasteiger partial charge in [0.15, 0.2) is 11.5 Å². The van der Waals surface area contributed by atoms with Crippen LogP contribution in [0.15, 0.2) is 59.4 Å². The molecule has 0 saturated carbocycles. The van der Waals surface area contributed by atoms with Gasteiger partial charge in [-0.2, -0.15) is 0 Å². The van der Waals surface area contributed by atoms with Gasteiger partial charge in [-0.15, -0.1) is 12.4 Å². The number of aryl methyl sites for hydroxylation is 1. The van der Waals surface area contributed by atoms with Gasteiger partial charge in [-0.1, -0.05) is 42.5 Å². The topological polar surface area (TPSA) is 51.3 Å². The van der Waals surface area contributed by atoms with E-state index in [-0.39, 0.29) is 18.0 Å². The highest BCUT2D eigenvalue weighted by atomic mass is 35.5. The molecular formula is C23H22ClNO3. The Morgan fingerprint density at radius 3 is 2.39 bits per heavy atom. The maximum atomic E-state index is 12.8. The van der Waals surface area contributed by atoms with Gasteiger partial charge in [0.05, 0.1) is 14.2 Å². The molecule has 0 fully saturated rings. The van der Waals surface area contributed by atoms with E-state index in [2.05, 4.69) is 35.3 Å². The lowest BCUT2D eigenvalue weighted by Gasteiger charge is -2.15. The molecule has 4 nitrogen and oxygen atoms in total. The van der Waals surface area contributed by atoms with Gasteiger partial charge in [-0.3, -0.25) is 4.79 Å². The summed E-state index contributed by atoms with van der Waals surface area (Å²) in [5, 5.41) is 4.12. The first-order valence-electron chi connectivity index (χ1n) is 8.86. The third-order valence-electron chi connectivity index (χ3n) is 5.02. The Labute approximate surface area is 169 Å². The summed E-state index contributed by atoms with van der Waals surface area (Å²) in [6, 6.07) is 18.3. The molecule has 0 bridgehead atoms. The summed E-state index contributed by atoms with van der Waals surface area (Å²) in [6.07, 6.45) is 0.514. The predicted molar refractivity (Wildman–Crippen MR) is 116 cm³/mol. The van der Waals surface area contributed by atoms with Crippen LogP contribution < -0.4 is 15.0 Å². The number of fused-ring (bicyclic) bond motifs is 2. The van der Waals surface area contributed by atoms with Gasteiger partial charge in [0.25, 0.3) is 5.56 Å². The van der Waals surface area contributed by atoms with Crippen molar-refractivity contribution in [3.05, 3.63) is 81.8 Å². The Morgan fingerprint density at radius 1 is 0.929 bits per heavy atom. The van der Waals surface area contributed by atoms with Crippen LogP contribution in [-0.4, -0.2) is 19.2 Å². The third kappa shape index (κ3) is 3.32. The van der Waals surface area contributed by atoms with Crippen molar-refractivity contribution in [2.24, 2.45) is 0 Å². The number of methoxy groups -OCH3 is 2. The lowest BCUT2D eigenvalue weighted by atomic mass is 9.96. The first kappa shape index (κ1) is 19.8. The average Bonchev–Trinajstić information content (AvgIpc) is 2.69. The number of rotatable bonds is 4. The highest BCUT2D eigenvalue weighted by Gasteiger charge is 2.18. The fourth-order valence-corrected chi connectivity index (χ4v) is 3.69. The molecule has 28 heavy (non-hydrogen) atoms. The second-order valence-corrected chi connectivity index (χ2v) is 6.64. The normalized spacial score (nSPS) is 10.7. The minimum absolute atomic E-state index is 0. The first-order valence-corrected chi connectivity index (χ1v) is 8.86. The first-order chi connectivity index (χ1) is 13.1. The largest absolute Gasteiger partial charge is 0.493 e. The number of hydrogen-bond donors (Lipinski definition) is 1. The van der Waals surface area contributed by atoms with Crippen molar-refractivity contribution in [3.8, 4) is 11.5 Å². The molecule has 0 aliphatic carbocycles. The Morgan fingerprint density at radius 2 is 1.68 bits per heavy atom. The van der Waals surface area contributed by atoms with Crippen molar-refractivity contribution in [2.75, 3.05) is 14.2 Å². The Balaban J connectivity index is 0.00000225. The van der Waals surface area contributed by atoms with Gasteiger partial charge >= 0.3 is 0 Å². The van der Waals surface area contributed by atoms with Crippen LogP contribution >= 0.6 is 12.4 Å². The van der Waals surface area contributed by atoms with Gasteiger partial charge in [0.2, 0.25) is 0 Å².